The zero-order valence-corrected chi connectivity index (χ0v) is 9.32. The summed E-state index contributed by atoms with van der Waals surface area (Å²) >= 11 is 0. The minimum absolute atomic E-state index is 0.605. The lowest BCUT2D eigenvalue weighted by Crippen LogP contribution is -2.28. The van der Waals surface area contributed by atoms with Crippen LogP contribution in [0.1, 0.15) is 32.5 Å². The van der Waals surface area contributed by atoms with Gasteiger partial charge >= 0.3 is 0 Å². The highest BCUT2D eigenvalue weighted by Gasteiger charge is 2.02. The van der Waals surface area contributed by atoms with Crippen molar-refractivity contribution in [3.63, 3.8) is 0 Å². The highest BCUT2D eigenvalue weighted by molar-refractivity contribution is 4.84. The van der Waals surface area contributed by atoms with Gasteiger partial charge in [0.15, 0.2) is 0 Å². The average molecular weight is 196 g/mol. The second-order valence-electron chi connectivity index (χ2n) is 3.69. The lowest BCUT2D eigenvalue weighted by molar-refractivity contribution is 0.504. The summed E-state index contributed by atoms with van der Waals surface area (Å²) in [5, 5.41) is 7.50. The number of nitrogens with one attached hydrogen (secondary N) is 1. The number of aryl methyl sites for hydroxylation is 1. The van der Waals surface area contributed by atoms with E-state index < -0.39 is 0 Å². The Balaban J connectivity index is 2.19. The van der Waals surface area contributed by atoms with Gasteiger partial charge in [-0.05, 0) is 13.3 Å². The van der Waals surface area contributed by atoms with Crippen LogP contribution in [0, 0.1) is 0 Å². The summed E-state index contributed by atoms with van der Waals surface area (Å²) in [6, 6.07) is 0.605. The molecular weight excluding hydrogens is 176 g/mol. The molecule has 1 aromatic heterocycles. The molecule has 0 fully saturated rings. The quantitative estimate of drug-likeness (QED) is 0.742. The van der Waals surface area contributed by atoms with Crippen LogP contribution < -0.4 is 5.32 Å². The van der Waals surface area contributed by atoms with E-state index >= 15 is 0 Å². The van der Waals surface area contributed by atoms with Crippen LogP contribution >= 0.6 is 0 Å². The molecule has 0 radical (unpaired) electrons. The molecule has 0 saturated carbocycles. The first-order chi connectivity index (χ1) is 6.74. The van der Waals surface area contributed by atoms with Gasteiger partial charge in [0, 0.05) is 26.1 Å². The van der Waals surface area contributed by atoms with E-state index in [9.17, 15) is 0 Å². The number of hydrogen-bond acceptors (Lipinski definition) is 3. The molecule has 0 aliphatic carbocycles. The Morgan fingerprint density at radius 2 is 2.36 bits per heavy atom. The van der Waals surface area contributed by atoms with Crippen molar-refractivity contribution in [2.75, 3.05) is 6.54 Å². The van der Waals surface area contributed by atoms with Crippen LogP contribution in [0.3, 0.4) is 0 Å². The fraction of sp³-hybridized carbons (Fsp3) is 0.800. The third-order valence-corrected chi connectivity index (χ3v) is 2.37. The number of hydrogen-bond donors (Lipinski definition) is 1. The SMILES string of the molecule is CCCC(C)NCCc1ncnn1C. The maximum Gasteiger partial charge on any atom is 0.138 e. The van der Waals surface area contributed by atoms with Crippen molar-refractivity contribution in [1.82, 2.24) is 20.1 Å². The highest BCUT2D eigenvalue weighted by atomic mass is 15.3. The smallest absolute Gasteiger partial charge is 0.138 e. The van der Waals surface area contributed by atoms with Gasteiger partial charge in [0.1, 0.15) is 12.2 Å². The van der Waals surface area contributed by atoms with E-state index in [4.69, 9.17) is 0 Å². The predicted octanol–water partition coefficient (Wildman–Crippen LogP) is 1.14. The summed E-state index contributed by atoms with van der Waals surface area (Å²) in [5.41, 5.74) is 0. The molecular formula is C10H20N4. The Hall–Kier alpha value is -0.900. The average Bonchev–Trinajstić information content (AvgIpc) is 2.52. The maximum absolute atomic E-state index is 4.17. The van der Waals surface area contributed by atoms with Crippen molar-refractivity contribution in [2.24, 2.45) is 7.05 Å². The third kappa shape index (κ3) is 3.46. The molecule has 0 aliphatic heterocycles. The Morgan fingerprint density at radius 1 is 1.57 bits per heavy atom. The molecule has 1 unspecified atom stereocenters. The van der Waals surface area contributed by atoms with Crippen molar-refractivity contribution in [3.05, 3.63) is 12.2 Å². The molecule has 1 aromatic rings. The van der Waals surface area contributed by atoms with Crippen molar-refractivity contribution in [2.45, 2.75) is 39.2 Å². The normalized spacial score (nSPS) is 13.1. The lowest BCUT2D eigenvalue weighted by Gasteiger charge is -2.11. The molecule has 4 nitrogen and oxygen atoms in total. The topological polar surface area (TPSA) is 42.7 Å². The second-order valence-corrected chi connectivity index (χ2v) is 3.69. The van der Waals surface area contributed by atoms with Gasteiger partial charge in [0.2, 0.25) is 0 Å². The molecule has 1 rings (SSSR count). The highest BCUT2D eigenvalue weighted by Crippen LogP contribution is 1.96. The van der Waals surface area contributed by atoms with Crippen molar-refractivity contribution in [1.29, 1.82) is 0 Å². The molecule has 1 atom stereocenters. The van der Waals surface area contributed by atoms with Crippen LogP contribution in [0.2, 0.25) is 0 Å². The van der Waals surface area contributed by atoms with Crippen LogP contribution in [0.25, 0.3) is 0 Å². The summed E-state index contributed by atoms with van der Waals surface area (Å²) in [6.07, 6.45) is 5.02. The molecule has 80 valence electrons. The van der Waals surface area contributed by atoms with Gasteiger partial charge < -0.3 is 5.32 Å². The van der Waals surface area contributed by atoms with Crippen LogP contribution in [0.15, 0.2) is 6.33 Å². The van der Waals surface area contributed by atoms with Crippen molar-refractivity contribution >= 4 is 0 Å². The molecule has 1 heterocycles. The fourth-order valence-corrected chi connectivity index (χ4v) is 1.51. The Morgan fingerprint density at radius 3 is 2.93 bits per heavy atom. The van der Waals surface area contributed by atoms with Crippen LogP contribution in [0.5, 0.6) is 0 Å². The minimum Gasteiger partial charge on any atom is -0.314 e. The fourth-order valence-electron chi connectivity index (χ4n) is 1.51. The monoisotopic (exact) mass is 196 g/mol. The first kappa shape index (κ1) is 11.2. The molecule has 0 amide bonds. The summed E-state index contributed by atoms with van der Waals surface area (Å²) < 4.78 is 1.83. The van der Waals surface area contributed by atoms with E-state index in [1.54, 1.807) is 6.33 Å². The maximum atomic E-state index is 4.17. The van der Waals surface area contributed by atoms with E-state index in [-0.39, 0.29) is 0 Å². The molecule has 0 aliphatic rings. The van der Waals surface area contributed by atoms with Gasteiger partial charge in [-0.25, -0.2) is 4.98 Å². The van der Waals surface area contributed by atoms with Crippen LogP contribution in [0.4, 0.5) is 0 Å². The van der Waals surface area contributed by atoms with Gasteiger partial charge in [-0.3, -0.25) is 4.68 Å². The second kappa shape index (κ2) is 5.75. The molecule has 1 N–H and O–H groups in total. The van der Waals surface area contributed by atoms with Crippen LogP contribution in [-0.2, 0) is 13.5 Å². The Bertz CT molecular complexity index is 256. The van der Waals surface area contributed by atoms with Gasteiger partial charge in [0.05, 0.1) is 0 Å². The number of aromatic nitrogens is 3. The zero-order chi connectivity index (χ0) is 10.4. The zero-order valence-electron chi connectivity index (χ0n) is 9.32. The summed E-state index contributed by atoms with van der Waals surface area (Å²) in [7, 11) is 1.93. The largest absolute Gasteiger partial charge is 0.314 e. The van der Waals surface area contributed by atoms with Gasteiger partial charge in [-0.2, -0.15) is 5.10 Å². The molecule has 4 heteroatoms. The minimum atomic E-state index is 0.605. The number of rotatable bonds is 6. The Kier molecular flexibility index (Phi) is 4.59. The molecule has 0 spiro atoms. The van der Waals surface area contributed by atoms with E-state index in [0.29, 0.717) is 6.04 Å². The van der Waals surface area contributed by atoms with E-state index in [0.717, 1.165) is 18.8 Å². The van der Waals surface area contributed by atoms with E-state index in [1.807, 2.05) is 11.7 Å². The molecule has 0 saturated heterocycles. The van der Waals surface area contributed by atoms with Gasteiger partial charge in [-0.15, -0.1) is 0 Å². The molecule has 0 aromatic carbocycles. The summed E-state index contributed by atoms with van der Waals surface area (Å²) in [5.74, 6) is 1.04. The number of nitrogens with zero attached hydrogens (tertiary/aromatic N) is 3. The first-order valence-corrected chi connectivity index (χ1v) is 5.30. The van der Waals surface area contributed by atoms with E-state index in [1.165, 1.54) is 12.8 Å². The summed E-state index contributed by atoms with van der Waals surface area (Å²) in [6.45, 7) is 5.41. The third-order valence-electron chi connectivity index (χ3n) is 2.37. The van der Waals surface area contributed by atoms with Crippen LogP contribution in [-0.4, -0.2) is 27.4 Å². The molecule has 14 heavy (non-hydrogen) atoms. The van der Waals surface area contributed by atoms with Gasteiger partial charge in [-0.1, -0.05) is 13.3 Å². The van der Waals surface area contributed by atoms with E-state index in [2.05, 4.69) is 29.2 Å². The molecule has 0 bridgehead atoms. The van der Waals surface area contributed by atoms with Crippen molar-refractivity contribution in [3.8, 4) is 0 Å². The first-order valence-electron chi connectivity index (χ1n) is 5.30. The predicted molar refractivity (Wildman–Crippen MR) is 57.1 cm³/mol. The Labute approximate surface area is 85.7 Å². The lowest BCUT2D eigenvalue weighted by atomic mass is 10.2. The van der Waals surface area contributed by atoms with Crippen molar-refractivity contribution < 1.29 is 0 Å². The summed E-state index contributed by atoms with van der Waals surface area (Å²) in [4.78, 5) is 4.17. The van der Waals surface area contributed by atoms with Gasteiger partial charge in [0.25, 0.3) is 0 Å². The standard InChI is InChI=1S/C10H20N4/c1-4-5-9(2)11-7-6-10-12-8-13-14(10)3/h8-9,11H,4-7H2,1-3H3.